The molecule has 3 rings (SSSR count). The zero-order chi connectivity index (χ0) is 16.9. The molecule has 1 saturated heterocycles. The summed E-state index contributed by atoms with van der Waals surface area (Å²) < 4.78 is 12.7. The number of aryl methyl sites for hydroxylation is 2. The average Bonchev–Trinajstić information content (AvgIpc) is 2.99. The molecule has 130 valence electrons. The molecule has 3 heterocycles. The van der Waals surface area contributed by atoms with E-state index in [0.29, 0.717) is 18.3 Å². The first kappa shape index (κ1) is 16.8. The molecule has 6 heteroatoms. The monoisotopic (exact) mass is 331 g/mol. The van der Waals surface area contributed by atoms with Gasteiger partial charge in [-0.15, -0.1) is 0 Å². The first-order valence-corrected chi connectivity index (χ1v) is 8.55. The third-order valence-electron chi connectivity index (χ3n) is 4.81. The van der Waals surface area contributed by atoms with Crippen molar-refractivity contribution in [2.45, 2.75) is 51.7 Å². The van der Waals surface area contributed by atoms with E-state index < -0.39 is 0 Å². The lowest BCUT2D eigenvalue weighted by Gasteiger charge is -2.35. The van der Waals surface area contributed by atoms with E-state index in [9.17, 15) is 4.79 Å². The van der Waals surface area contributed by atoms with Crippen LogP contribution in [0, 0.1) is 6.92 Å². The third kappa shape index (κ3) is 3.87. The maximum atomic E-state index is 11.9. The molecule has 1 fully saturated rings. The predicted octanol–water partition coefficient (Wildman–Crippen LogP) is 2.60. The second-order valence-corrected chi connectivity index (χ2v) is 6.36. The van der Waals surface area contributed by atoms with Crippen LogP contribution in [0.1, 0.15) is 37.3 Å². The summed E-state index contributed by atoms with van der Waals surface area (Å²) in [6.45, 7) is 4.72. The smallest absolute Gasteiger partial charge is 0.227 e. The van der Waals surface area contributed by atoms with Gasteiger partial charge < -0.3 is 13.7 Å². The molecular weight excluding hydrogens is 306 g/mol. The Hall–Kier alpha value is -2.08. The predicted molar refractivity (Wildman–Crippen MR) is 91.2 cm³/mol. The SMILES string of the molecule is COc1coc(CN2CCCC[C@H]2CCn2ccnc2C)cc1=O. The van der Waals surface area contributed by atoms with E-state index in [-0.39, 0.29) is 11.2 Å². The molecule has 0 spiro atoms. The van der Waals surface area contributed by atoms with Crippen molar-refractivity contribution < 1.29 is 9.15 Å². The van der Waals surface area contributed by atoms with Gasteiger partial charge in [0.25, 0.3) is 0 Å². The van der Waals surface area contributed by atoms with Crippen LogP contribution in [0.4, 0.5) is 0 Å². The standard InChI is InChI=1S/C18H25N3O3/c1-14-19-7-10-20(14)9-6-15-5-3-4-8-21(15)12-16-11-17(22)18(23-2)13-24-16/h7,10-11,13,15H,3-6,8-9,12H2,1-2H3/t15-/m0/s1. The maximum Gasteiger partial charge on any atom is 0.227 e. The van der Waals surface area contributed by atoms with Gasteiger partial charge in [-0.05, 0) is 32.7 Å². The van der Waals surface area contributed by atoms with Crippen molar-refractivity contribution in [1.29, 1.82) is 0 Å². The van der Waals surface area contributed by atoms with Gasteiger partial charge in [-0.2, -0.15) is 0 Å². The van der Waals surface area contributed by atoms with Crippen LogP contribution in [-0.2, 0) is 13.1 Å². The Morgan fingerprint density at radius 2 is 2.29 bits per heavy atom. The first-order chi connectivity index (χ1) is 11.7. The second kappa shape index (κ2) is 7.66. The highest BCUT2D eigenvalue weighted by molar-refractivity contribution is 5.17. The Kier molecular flexibility index (Phi) is 5.35. The Morgan fingerprint density at radius 3 is 3.00 bits per heavy atom. The Bertz CT molecular complexity index is 722. The molecule has 0 unspecified atom stereocenters. The fraction of sp³-hybridized carbons (Fsp3) is 0.556. The van der Waals surface area contributed by atoms with E-state index in [2.05, 4.69) is 14.5 Å². The van der Waals surface area contributed by atoms with E-state index in [4.69, 9.17) is 9.15 Å². The number of rotatable bonds is 6. The number of methoxy groups -OCH3 is 1. The number of hydrogen-bond donors (Lipinski definition) is 0. The van der Waals surface area contributed by atoms with Crippen LogP contribution < -0.4 is 10.2 Å². The van der Waals surface area contributed by atoms with Gasteiger partial charge in [0, 0.05) is 31.0 Å². The fourth-order valence-electron chi connectivity index (χ4n) is 3.39. The minimum Gasteiger partial charge on any atom is -0.490 e. The van der Waals surface area contributed by atoms with E-state index in [1.165, 1.54) is 32.6 Å². The molecule has 0 bridgehead atoms. The summed E-state index contributed by atoms with van der Waals surface area (Å²) in [6.07, 6.45) is 10.0. The van der Waals surface area contributed by atoms with E-state index in [0.717, 1.165) is 25.3 Å². The highest BCUT2D eigenvalue weighted by atomic mass is 16.5. The van der Waals surface area contributed by atoms with Crippen molar-refractivity contribution in [3.05, 3.63) is 46.5 Å². The lowest BCUT2D eigenvalue weighted by atomic mass is 9.99. The lowest BCUT2D eigenvalue weighted by molar-refractivity contribution is 0.118. The maximum absolute atomic E-state index is 11.9. The van der Waals surface area contributed by atoms with Crippen LogP contribution in [0.15, 0.2) is 33.9 Å². The highest BCUT2D eigenvalue weighted by Gasteiger charge is 2.23. The Balaban J connectivity index is 1.64. The van der Waals surface area contributed by atoms with Crippen LogP contribution in [0.3, 0.4) is 0 Å². The minimum atomic E-state index is -0.124. The summed E-state index contributed by atoms with van der Waals surface area (Å²) in [5.74, 6) is 2.01. The summed E-state index contributed by atoms with van der Waals surface area (Å²) in [5, 5.41) is 0. The molecule has 0 N–H and O–H groups in total. The van der Waals surface area contributed by atoms with Crippen LogP contribution in [0.25, 0.3) is 0 Å². The van der Waals surface area contributed by atoms with Gasteiger partial charge in [0.2, 0.25) is 11.2 Å². The number of aromatic nitrogens is 2. The summed E-state index contributed by atoms with van der Waals surface area (Å²) in [6, 6.07) is 2.05. The van der Waals surface area contributed by atoms with Crippen LogP contribution >= 0.6 is 0 Å². The molecule has 24 heavy (non-hydrogen) atoms. The first-order valence-electron chi connectivity index (χ1n) is 8.55. The van der Waals surface area contributed by atoms with Gasteiger partial charge in [0.15, 0.2) is 0 Å². The summed E-state index contributed by atoms with van der Waals surface area (Å²) in [4.78, 5) is 18.6. The normalized spacial score (nSPS) is 18.7. The molecule has 6 nitrogen and oxygen atoms in total. The highest BCUT2D eigenvalue weighted by Crippen LogP contribution is 2.22. The van der Waals surface area contributed by atoms with Crippen molar-refractivity contribution in [3.63, 3.8) is 0 Å². The lowest BCUT2D eigenvalue weighted by Crippen LogP contribution is -2.39. The molecule has 1 aliphatic heterocycles. The topological polar surface area (TPSA) is 60.5 Å². The number of ether oxygens (including phenoxy) is 1. The molecule has 0 aliphatic carbocycles. The van der Waals surface area contributed by atoms with Crippen molar-refractivity contribution >= 4 is 0 Å². The van der Waals surface area contributed by atoms with E-state index in [1.54, 1.807) is 6.07 Å². The van der Waals surface area contributed by atoms with Crippen molar-refractivity contribution in [1.82, 2.24) is 14.5 Å². The molecule has 0 aromatic carbocycles. The zero-order valence-corrected chi connectivity index (χ0v) is 14.4. The Labute approximate surface area is 142 Å². The number of hydrogen-bond acceptors (Lipinski definition) is 5. The third-order valence-corrected chi connectivity index (χ3v) is 4.81. The van der Waals surface area contributed by atoms with E-state index >= 15 is 0 Å². The zero-order valence-electron chi connectivity index (χ0n) is 14.4. The molecule has 0 radical (unpaired) electrons. The van der Waals surface area contributed by atoms with Crippen molar-refractivity contribution in [2.75, 3.05) is 13.7 Å². The van der Waals surface area contributed by atoms with Gasteiger partial charge in [-0.1, -0.05) is 6.42 Å². The number of likely N-dealkylation sites (tertiary alicyclic amines) is 1. The van der Waals surface area contributed by atoms with Crippen LogP contribution in [-0.4, -0.2) is 34.1 Å². The van der Waals surface area contributed by atoms with Crippen molar-refractivity contribution in [2.24, 2.45) is 0 Å². The largest absolute Gasteiger partial charge is 0.490 e. The summed E-state index contributed by atoms with van der Waals surface area (Å²) >= 11 is 0. The van der Waals surface area contributed by atoms with Gasteiger partial charge in [-0.3, -0.25) is 9.69 Å². The quantitative estimate of drug-likeness (QED) is 0.814. The van der Waals surface area contributed by atoms with Gasteiger partial charge in [0.05, 0.1) is 13.7 Å². The fourth-order valence-corrected chi connectivity index (χ4v) is 3.39. The van der Waals surface area contributed by atoms with Crippen LogP contribution in [0.5, 0.6) is 5.75 Å². The molecule has 1 aliphatic rings. The number of imidazole rings is 1. The molecule has 2 aromatic heterocycles. The number of piperidine rings is 1. The number of nitrogens with zero attached hydrogens (tertiary/aromatic N) is 3. The van der Waals surface area contributed by atoms with Gasteiger partial charge >= 0.3 is 0 Å². The minimum absolute atomic E-state index is 0.124. The van der Waals surface area contributed by atoms with Crippen LogP contribution in [0.2, 0.25) is 0 Å². The Morgan fingerprint density at radius 1 is 1.42 bits per heavy atom. The van der Waals surface area contributed by atoms with Gasteiger partial charge in [-0.25, -0.2) is 4.98 Å². The molecule has 1 atom stereocenters. The van der Waals surface area contributed by atoms with Gasteiger partial charge in [0.1, 0.15) is 17.8 Å². The summed E-state index contributed by atoms with van der Waals surface area (Å²) in [7, 11) is 1.48. The van der Waals surface area contributed by atoms with Crippen molar-refractivity contribution in [3.8, 4) is 5.75 Å². The molecule has 0 saturated carbocycles. The molecule has 2 aromatic rings. The van der Waals surface area contributed by atoms with E-state index in [1.807, 2.05) is 19.3 Å². The molecule has 0 amide bonds. The average molecular weight is 331 g/mol. The molecular formula is C18H25N3O3. The summed E-state index contributed by atoms with van der Waals surface area (Å²) in [5.41, 5.74) is -0.124. The second-order valence-electron chi connectivity index (χ2n) is 6.36.